The fourth-order valence-corrected chi connectivity index (χ4v) is 3.64. The Morgan fingerprint density at radius 2 is 1.78 bits per heavy atom. The highest BCUT2D eigenvalue weighted by Crippen LogP contribution is 2.30. The van der Waals surface area contributed by atoms with Crippen LogP contribution in [0.1, 0.15) is 23.1 Å². The van der Waals surface area contributed by atoms with Crippen molar-refractivity contribution in [3.8, 4) is 0 Å². The molecule has 0 fully saturated rings. The Morgan fingerprint density at radius 3 is 2.52 bits per heavy atom. The maximum atomic E-state index is 12.6. The fraction of sp³-hybridized carbons (Fsp3) is 0.167. The van der Waals surface area contributed by atoms with Gasteiger partial charge in [-0.2, -0.15) is 0 Å². The van der Waals surface area contributed by atoms with Gasteiger partial charge in [0.2, 0.25) is 0 Å². The van der Waals surface area contributed by atoms with E-state index in [1.165, 1.54) is 11.8 Å². The molecule has 3 aromatic rings. The average molecular weight is 387 g/mol. The zero-order valence-electron chi connectivity index (χ0n) is 12.8. The summed E-state index contributed by atoms with van der Waals surface area (Å²) in [4.78, 5) is 21.6. The van der Waals surface area contributed by atoms with E-state index in [1.807, 2.05) is 62.4 Å². The summed E-state index contributed by atoms with van der Waals surface area (Å²) in [6.07, 6.45) is 0. The van der Waals surface area contributed by atoms with Crippen LogP contribution in [-0.2, 0) is 0 Å². The third kappa shape index (κ3) is 3.62. The molecule has 3 nitrogen and oxygen atoms in total. The molecule has 5 heteroatoms. The standard InChI is InChI=1S/C18H15BrN2OS/c1-11(17(22)13-7-9-14(19)10-8-13)23-18-15-5-3-4-6-16(15)20-12(2)21-18/h3-11H,1-2H3/t11-/m1/s1. The number of nitrogens with zero attached hydrogens (tertiary/aromatic N) is 2. The van der Waals surface area contributed by atoms with Gasteiger partial charge in [-0.05, 0) is 32.0 Å². The van der Waals surface area contributed by atoms with Crippen molar-refractivity contribution in [3.63, 3.8) is 0 Å². The van der Waals surface area contributed by atoms with Crippen molar-refractivity contribution in [2.24, 2.45) is 0 Å². The first kappa shape index (κ1) is 16.1. The van der Waals surface area contributed by atoms with E-state index >= 15 is 0 Å². The van der Waals surface area contributed by atoms with E-state index in [0.717, 1.165) is 26.2 Å². The average Bonchev–Trinajstić information content (AvgIpc) is 2.54. The molecule has 3 rings (SSSR count). The van der Waals surface area contributed by atoms with Crippen LogP contribution in [0.3, 0.4) is 0 Å². The summed E-state index contributed by atoms with van der Waals surface area (Å²) in [5.74, 6) is 0.817. The number of thioether (sulfide) groups is 1. The quantitative estimate of drug-likeness (QED) is 0.356. The Labute approximate surface area is 147 Å². The second kappa shape index (κ2) is 6.81. The maximum absolute atomic E-state index is 12.6. The van der Waals surface area contributed by atoms with Crippen LogP contribution in [0.4, 0.5) is 0 Å². The molecule has 0 aliphatic rings. The molecule has 0 unspecified atom stereocenters. The summed E-state index contributed by atoms with van der Waals surface area (Å²) in [5.41, 5.74) is 1.62. The lowest BCUT2D eigenvalue weighted by atomic mass is 10.1. The van der Waals surface area contributed by atoms with Crippen LogP contribution in [0.5, 0.6) is 0 Å². The lowest BCUT2D eigenvalue weighted by Gasteiger charge is -2.12. The molecule has 2 aromatic carbocycles. The molecule has 1 heterocycles. The molecular weight excluding hydrogens is 372 g/mol. The van der Waals surface area contributed by atoms with E-state index in [2.05, 4.69) is 25.9 Å². The highest BCUT2D eigenvalue weighted by atomic mass is 79.9. The second-order valence-electron chi connectivity index (χ2n) is 5.22. The van der Waals surface area contributed by atoms with Gasteiger partial charge in [-0.1, -0.05) is 58.0 Å². The third-order valence-electron chi connectivity index (χ3n) is 3.47. The van der Waals surface area contributed by atoms with Gasteiger partial charge in [-0.3, -0.25) is 4.79 Å². The molecule has 1 atom stereocenters. The van der Waals surface area contributed by atoms with Gasteiger partial charge in [0.15, 0.2) is 5.78 Å². The van der Waals surface area contributed by atoms with Gasteiger partial charge in [0.1, 0.15) is 10.9 Å². The Bertz CT molecular complexity index is 865. The molecule has 0 aliphatic carbocycles. The molecule has 0 bridgehead atoms. The minimum atomic E-state index is -0.214. The number of ketones is 1. The summed E-state index contributed by atoms with van der Waals surface area (Å²) in [6, 6.07) is 15.3. The lowest BCUT2D eigenvalue weighted by Crippen LogP contribution is -2.13. The smallest absolute Gasteiger partial charge is 0.175 e. The Balaban J connectivity index is 1.89. The van der Waals surface area contributed by atoms with E-state index in [0.29, 0.717) is 5.56 Å². The van der Waals surface area contributed by atoms with Gasteiger partial charge in [-0.25, -0.2) is 9.97 Å². The summed E-state index contributed by atoms with van der Waals surface area (Å²) >= 11 is 4.87. The molecule has 116 valence electrons. The number of carbonyl (C=O) groups is 1. The molecule has 0 radical (unpaired) electrons. The van der Waals surface area contributed by atoms with Crippen molar-refractivity contribution < 1.29 is 4.79 Å². The number of aromatic nitrogens is 2. The monoisotopic (exact) mass is 386 g/mol. The molecule has 0 amide bonds. The zero-order valence-corrected chi connectivity index (χ0v) is 15.2. The van der Waals surface area contributed by atoms with E-state index < -0.39 is 0 Å². The summed E-state index contributed by atoms with van der Waals surface area (Å²) in [5, 5.41) is 1.62. The van der Waals surface area contributed by atoms with E-state index in [4.69, 9.17) is 0 Å². The number of fused-ring (bicyclic) bond motifs is 1. The number of carbonyl (C=O) groups excluding carboxylic acids is 1. The minimum Gasteiger partial charge on any atom is -0.293 e. The maximum Gasteiger partial charge on any atom is 0.175 e. The topological polar surface area (TPSA) is 42.9 Å². The molecule has 0 saturated carbocycles. The number of hydrogen-bond acceptors (Lipinski definition) is 4. The number of hydrogen-bond donors (Lipinski definition) is 0. The number of Topliss-reactive ketones (excluding diaryl/α,β-unsaturated/α-hetero) is 1. The van der Waals surface area contributed by atoms with Crippen molar-refractivity contribution in [1.82, 2.24) is 9.97 Å². The number of halogens is 1. The normalized spacial score (nSPS) is 12.3. The second-order valence-corrected chi connectivity index (χ2v) is 7.47. The summed E-state index contributed by atoms with van der Waals surface area (Å²) in [7, 11) is 0. The van der Waals surface area contributed by atoms with Crippen LogP contribution in [0.15, 0.2) is 58.0 Å². The Morgan fingerprint density at radius 1 is 1.09 bits per heavy atom. The van der Waals surface area contributed by atoms with E-state index in [9.17, 15) is 4.79 Å². The highest BCUT2D eigenvalue weighted by Gasteiger charge is 2.19. The van der Waals surface area contributed by atoms with Crippen molar-refractivity contribution >= 4 is 44.4 Å². The molecule has 0 spiro atoms. The molecule has 0 N–H and O–H groups in total. The van der Waals surface area contributed by atoms with Crippen molar-refractivity contribution in [2.45, 2.75) is 24.1 Å². The van der Waals surface area contributed by atoms with Crippen LogP contribution in [-0.4, -0.2) is 21.0 Å². The zero-order chi connectivity index (χ0) is 16.4. The van der Waals surface area contributed by atoms with Gasteiger partial charge in [0.05, 0.1) is 10.8 Å². The predicted molar refractivity (Wildman–Crippen MR) is 98.1 cm³/mol. The van der Waals surface area contributed by atoms with Crippen molar-refractivity contribution in [1.29, 1.82) is 0 Å². The van der Waals surface area contributed by atoms with Crippen molar-refractivity contribution in [3.05, 3.63) is 64.4 Å². The van der Waals surface area contributed by atoms with Crippen LogP contribution in [0, 0.1) is 6.92 Å². The number of benzene rings is 2. The van der Waals surface area contributed by atoms with Gasteiger partial charge >= 0.3 is 0 Å². The van der Waals surface area contributed by atoms with Gasteiger partial charge < -0.3 is 0 Å². The van der Waals surface area contributed by atoms with Gasteiger partial charge in [0.25, 0.3) is 0 Å². The molecule has 23 heavy (non-hydrogen) atoms. The van der Waals surface area contributed by atoms with Crippen LogP contribution in [0.25, 0.3) is 10.9 Å². The molecule has 1 aromatic heterocycles. The summed E-state index contributed by atoms with van der Waals surface area (Å²) in [6.45, 7) is 3.79. The first-order chi connectivity index (χ1) is 11.0. The van der Waals surface area contributed by atoms with E-state index in [-0.39, 0.29) is 11.0 Å². The highest BCUT2D eigenvalue weighted by molar-refractivity contribution is 9.10. The molecule has 0 saturated heterocycles. The molecular formula is C18H15BrN2OS. The van der Waals surface area contributed by atoms with Crippen LogP contribution in [0.2, 0.25) is 0 Å². The van der Waals surface area contributed by atoms with Gasteiger partial charge in [-0.15, -0.1) is 0 Å². The van der Waals surface area contributed by atoms with Gasteiger partial charge in [0, 0.05) is 15.4 Å². The minimum absolute atomic E-state index is 0.0999. The first-order valence-corrected chi connectivity index (χ1v) is 8.91. The fourth-order valence-electron chi connectivity index (χ4n) is 2.32. The Hall–Kier alpha value is -1.72. The number of rotatable bonds is 4. The number of aryl methyl sites for hydroxylation is 1. The summed E-state index contributed by atoms with van der Waals surface area (Å²) < 4.78 is 0.965. The van der Waals surface area contributed by atoms with Crippen LogP contribution >= 0.6 is 27.7 Å². The lowest BCUT2D eigenvalue weighted by molar-refractivity contribution is 0.0994. The number of para-hydroxylation sites is 1. The largest absolute Gasteiger partial charge is 0.293 e. The Kier molecular flexibility index (Phi) is 4.78. The predicted octanol–water partition coefficient (Wildman–Crippen LogP) is 5.06. The van der Waals surface area contributed by atoms with E-state index in [1.54, 1.807) is 0 Å². The SMILES string of the molecule is Cc1nc(S[C@H](C)C(=O)c2ccc(Br)cc2)c2ccccc2n1. The first-order valence-electron chi connectivity index (χ1n) is 7.24. The molecule has 0 aliphatic heterocycles. The van der Waals surface area contributed by atoms with Crippen molar-refractivity contribution in [2.75, 3.05) is 0 Å². The van der Waals surface area contributed by atoms with Crippen LogP contribution < -0.4 is 0 Å². The third-order valence-corrected chi connectivity index (χ3v) is 5.10.